The third kappa shape index (κ3) is 4.60. The average Bonchev–Trinajstić information content (AvgIpc) is 3.29. The number of hydrogen-bond donors (Lipinski definition) is 2. The van der Waals surface area contributed by atoms with Crippen molar-refractivity contribution in [3.63, 3.8) is 0 Å². The predicted molar refractivity (Wildman–Crippen MR) is 102 cm³/mol. The second-order valence-electron chi connectivity index (χ2n) is 5.97. The zero-order valence-electron chi connectivity index (χ0n) is 13.8. The summed E-state index contributed by atoms with van der Waals surface area (Å²) in [7, 11) is 0. The van der Waals surface area contributed by atoms with Crippen molar-refractivity contribution in [1.82, 2.24) is 10.2 Å². The maximum atomic E-state index is 12.4. The summed E-state index contributed by atoms with van der Waals surface area (Å²) in [6, 6.07) is 13.7. The normalized spacial score (nSPS) is 19.3. The first kappa shape index (κ1) is 19.4. The topological polar surface area (TPSA) is 75.4 Å². The van der Waals surface area contributed by atoms with E-state index in [9.17, 15) is 9.59 Å². The summed E-state index contributed by atoms with van der Waals surface area (Å²) >= 11 is 1.36. The monoisotopic (exact) mass is 379 g/mol. The van der Waals surface area contributed by atoms with Gasteiger partial charge in [0.1, 0.15) is 0 Å². The van der Waals surface area contributed by atoms with Crippen LogP contribution >= 0.6 is 23.7 Å². The van der Waals surface area contributed by atoms with E-state index in [-0.39, 0.29) is 42.6 Å². The van der Waals surface area contributed by atoms with Crippen molar-refractivity contribution in [1.29, 1.82) is 0 Å². The van der Waals surface area contributed by atoms with Crippen LogP contribution in [0.2, 0.25) is 0 Å². The summed E-state index contributed by atoms with van der Waals surface area (Å²) in [5.74, 6) is 0.252. The van der Waals surface area contributed by atoms with Gasteiger partial charge in [-0.25, -0.2) is 0 Å². The van der Waals surface area contributed by atoms with Crippen LogP contribution in [0, 0.1) is 5.92 Å². The molecule has 0 saturated carbocycles. The molecule has 0 spiro atoms. The Morgan fingerprint density at radius 3 is 2.56 bits per heavy atom. The van der Waals surface area contributed by atoms with Crippen LogP contribution in [0.3, 0.4) is 0 Å². The summed E-state index contributed by atoms with van der Waals surface area (Å²) in [6.07, 6.45) is 0. The fourth-order valence-corrected chi connectivity index (χ4v) is 3.79. The van der Waals surface area contributed by atoms with Crippen LogP contribution in [-0.4, -0.2) is 42.9 Å². The molecule has 1 aromatic carbocycles. The number of halogens is 1. The molecule has 1 saturated heterocycles. The minimum absolute atomic E-state index is 0. The molecule has 1 aromatic heterocycles. The van der Waals surface area contributed by atoms with Gasteiger partial charge in [0.15, 0.2) is 0 Å². The molecule has 25 heavy (non-hydrogen) atoms. The van der Waals surface area contributed by atoms with Crippen LogP contribution in [-0.2, 0) is 4.79 Å². The Balaban J connectivity index is 0.00000225. The first-order valence-corrected chi connectivity index (χ1v) is 8.91. The van der Waals surface area contributed by atoms with Crippen LogP contribution in [0.5, 0.6) is 0 Å². The van der Waals surface area contributed by atoms with Gasteiger partial charge < -0.3 is 16.0 Å². The second-order valence-corrected chi connectivity index (χ2v) is 6.92. The fraction of sp³-hybridized carbons (Fsp3) is 0.333. The highest BCUT2D eigenvalue weighted by molar-refractivity contribution is 7.12. The van der Waals surface area contributed by atoms with Gasteiger partial charge >= 0.3 is 0 Å². The lowest BCUT2D eigenvalue weighted by atomic mass is 9.89. The maximum Gasteiger partial charge on any atom is 0.261 e. The Bertz CT molecular complexity index is 694. The molecule has 7 heteroatoms. The van der Waals surface area contributed by atoms with Gasteiger partial charge in [-0.1, -0.05) is 36.4 Å². The van der Waals surface area contributed by atoms with E-state index >= 15 is 0 Å². The van der Waals surface area contributed by atoms with Gasteiger partial charge in [-0.05, 0) is 29.5 Å². The average molecular weight is 380 g/mol. The molecular weight excluding hydrogens is 358 g/mol. The number of hydrogen-bond acceptors (Lipinski definition) is 4. The molecule has 0 aliphatic carbocycles. The minimum atomic E-state index is -0.201. The highest BCUT2D eigenvalue weighted by Gasteiger charge is 2.35. The van der Waals surface area contributed by atoms with E-state index < -0.39 is 0 Å². The zero-order chi connectivity index (χ0) is 16.9. The minimum Gasteiger partial charge on any atom is -0.342 e. The maximum absolute atomic E-state index is 12.4. The standard InChI is InChI=1S/C18H21N3O2S.ClH/c19-9-14-11-21(12-15(14)13-5-2-1-3-6-13)17(22)10-20-18(23)16-7-4-8-24-16;/h1-8,14-15H,9-12,19H2,(H,20,23);1H/t14-,15+;/m1./s1. The molecule has 2 heterocycles. The van der Waals surface area contributed by atoms with Crippen LogP contribution in [0.1, 0.15) is 21.2 Å². The molecule has 2 amide bonds. The number of nitrogens with two attached hydrogens (primary N) is 1. The largest absolute Gasteiger partial charge is 0.342 e. The number of rotatable bonds is 5. The van der Waals surface area contributed by atoms with Gasteiger partial charge in [0.05, 0.1) is 11.4 Å². The van der Waals surface area contributed by atoms with Crippen LogP contribution in [0.4, 0.5) is 0 Å². The van der Waals surface area contributed by atoms with E-state index in [0.29, 0.717) is 24.5 Å². The number of nitrogens with one attached hydrogen (secondary N) is 1. The summed E-state index contributed by atoms with van der Waals surface area (Å²) < 4.78 is 0. The molecule has 1 aliphatic heterocycles. The molecule has 0 bridgehead atoms. The molecular formula is C18H22ClN3O2S. The van der Waals surface area contributed by atoms with Gasteiger partial charge in [-0.3, -0.25) is 9.59 Å². The van der Waals surface area contributed by atoms with Crippen molar-refractivity contribution in [2.45, 2.75) is 5.92 Å². The predicted octanol–water partition coefficient (Wildman–Crippen LogP) is 2.10. The Morgan fingerprint density at radius 2 is 1.92 bits per heavy atom. The number of carbonyl (C=O) groups excluding carboxylic acids is 2. The number of nitrogens with zero attached hydrogens (tertiary/aromatic N) is 1. The van der Waals surface area contributed by atoms with Crippen molar-refractivity contribution in [3.8, 4) is 0 Å². The van der Waals surface area contributed by atoms with Gasteiger partial charge in [0.2, 0.25) is 5.91 Å². The quantitative estimate of drug-likeness (QED) is 0.835. The third-order valence-electron chi connectivity index (χ3n) is 4.47. The molecule has 0 radical (unpaired) electrons. The first-order valence-electron chi connectivity index (χ1n) is 8.03. The van der Waals surface area contributed by atoms with Gasteiger partial charge in [0, 0.05) is 19.0 Å². The van der Waals surface area contributed by atoms with Crippen LogP contribution in [0.25, 0.3) is 0 Å². The summed E-state index contributed by atoms with van der Waals surface area (Å²) in [4.78, 5) is 26.8. The Labute approximate surface area is 157 Å². The molecule has 3 N–H and O–H groups in total. The van der Waals surface area contributed by atoms with Crippen molar-refractivity contribution in [2.24, 2.45) is 11.7 Å². The molecule has 2 aromatic rings. The van der Waals surface area contributed by atoms with Gasteiger partial charge in [-0.15, -0.1) is 23.7 Å². The Kier molecular flexibility index (Phi) is 6.99. The van der Waals surface area contributed by atoms with Crippen LogP contribution in [0.15, 0.2) is 47.8 Å². The number of carbonyl (C=O) groups is 2. The lowest BCUT2D eigenvalue weighted by molar-refractivity contribution is -0.129. The number of likely N-dealkylation sites (tertiary alicyclic amines) is 1. The van der Waals surface area contributed by atoms with E-state index in [1.54, 1.807) is 6.07 Å². The van der Waals surface area contributed by atoms with Gasteiger partial charge in [0.25, 0.3) is 5.91 Å². The van der Waals surface area contributed by atoms with Crippen molar-refractivity contribution >= 4 is 35.6 Å². The number of amides is 2. The molecule has 134 valence electrons. The summed E-state index contributed by atoms with van der Waals surface area (Å²) in [6.45, 7) is 1.86. The number of thiophene rings is 1. The highest BCUT2D eigenvalue weighted by atomic mass is 35.5. The summed E-state index contributed by atoms with van der Waals surface area (Å²) in [5.41, 5.74) is 7.12. The van der Waals surface area contributed by atoms with Gasteiger partial charge in [-0.2, -0.15) is 0 Å². The molecule has 5 nitrogen and oxygen atoms in total. The molecule has 1 aliphatic rings. The Morgan fingerprint density at radius 1 is 1.16 bits per heavy atom. The molecule has 1 fully saturated rings. The fourth-order valence-electron chi connectivity index (χ4n) is 3.15. The molecule has 3 rings (SSSR count). The van der Waals surface area contributed by atoms with Crippen molar-refractivity contribution in [2.75, 3.05) is 26.2 Å². The molecule has 2 atom stereocenters. The molecule has 0 unspecified atom stereocenters. The third-order valence-corrected chi connectivity index (χ3v) is 5.34. The van der Waals surface area contributed by atoms with E-state index in [1.165, 1.54) is 16.9 Å². The first-order chi connectivity index (χ1) is 11.7. The lowest BCUT2D eigenvalue weighted by Crippen LogP contribution is -2.39. The lowest BCUT2D eigenvalue weighted by Gasteiger charge is -2.17. The number of benzene rings is 1. The van der Waals surface area contributed by atoms with E-state index in [1.807, 2.05) is 34.5 Å². The highest BCUT2D eigenvalue weighted by Crippen LogP contribution is 2.31. The summed E-state index contributed by atoms with van der Waals surface area (Å²) in [5, 5.41) is 4.54. The van der Waals surface area contributed by atoms with E-state index in [4.69, 9.17) is 5.73 Å². The second kappa shape index (κ2) is 8.99. The van der Waals surface area contributed by atoms with Crippen molar-refractivity contribution in [3.05, 3.63) is 58.3 Å². The Hall–Kier alpha value is -1.89. The van der Waals surface area contributed by atoms with E-state index in [0.717, 1.165) is 0 Å². The SMILES string of the molecule is Cl.NC[C@@H]1CN(C(=O)CNC(=O)c2cccs2)C[C@H]1c1ccccc1. The van der Waals surface area contributed by atoms with Crippen molar-refractivity contribution < 1.29 is 9.59 Å². The zero-order valence-corrected chi connectivity index (χ0v) is 15.4. The van der Waals surface area contributed by atoms with Crippen LogP contribution < -0.4 is 11.1 Å². The van der Waals surface area contributed by atoms with E-state index in [2.05, 4.69) is 17.4 Å². The smallest absolute Gasteiger partial charge is 0.261 e.